The topological polar surface area (TPSA) is 65.1 Å². The first kappa shape index (κ1) is 22.9. The Morgan fingerprint density at radius 3 is 2.35 bits per heavy atom. The lowest BCUT2D eigenvalue weighted by Crippen LogP contribution is -2.62. The van der Waals surface area contributed by atoms with Crippen molar-refractivity contribution in [2.45, 2.75) is 44.7 Å². The van der Waals surface area contributed by atoms with Gasteiger partial charge in [0.2, 0.25) is 5.91 Å². The van der Waals surface area contributed by atoms with Gasteiger partial charge in [-0.25, -0.2) is 0 Å². The third-order valence-corrected chi connectivity index (χ3v) is 7.39. The fourth-order valence-electron chi connectivity index (χ4n) is 5.61. The molecule has 34 heavy (non-hydrogen) atoms. The summed E-state index contributed by atoms with van der Waals surface area (Å²) in [5.41, 5.74) is 2.11. The van der Waals surface area contributed by atoms with Gasteiger partial charge in [-0.2, -0.15) is 0 Å². The van der Waals surface area contributed by atoms with Gasteiger partial charge in [-0.05, 0) is 49.6 Å². The first-order valence-corrected chi connectivity index (χ1v) is 12.5. The van der Waals surface area contributed by atoms with Crippen molar-refractivity contribution in [2.75, 3.05) is 49.5 Å². The number of benzene rings is 2. The minimum absolute atomic E-state index is 0.0303. The number of carbonyl (C=O) groups is 2. The second kappa shape index (κ2) is 9.76. The predicted molar refractivity (Wildman–Crippen MR) is 133 cm³/mol. The first-order valence-electron chi connectivity index (χ1n) is 12.5. The third kappa shape index (κ3) is 4.42. The Balaban J connectivity index is 1.22. The number of nitrogens with one attached hydrogen (secondary N) is 1. The summed E-state index contributed by atoms with van der Waals surface area (Å²) >= 11 is 0. The van der Waals surface area contributed by atoms with Crippen LogP contribution in [0.3, 0.4) is 0 Å². The molecule has 2 aromatic rings. The predicted octanol–water partition coefficient (Wildman–Crippen LogP) is 3.50. The summed E-state index contributed by atoms with van der Waals surface area (Å²) in [6.07, 6.45) is 3.41. The molecule has 2 aliphatic heterocycles. The summed E-state index contributed by atoms with van der Waals surface area (Å²) in [4.78, 5) is 33.3. The highest BCUT2D eigenvalue weighted by molar-refractivity contribution is 6.15. The minimum Gasteiger partial charge on any atom is -0.494 e. The Labute approximate surface area is 201 Å². The van der Waals surface area contributed by atoms with Crippen molar-refractivity contribution < 1.29 is 14.3 Å². The van der Waals surface area contributed by atoms with Gasteiger partial charge in [0.1, 0.15) is 11.3 Å². The van der Waals surface area contributed by atoms with Crippen molar-refractivity contribution in [3.05, 3.63) is 54.1 Å². The van der Waals surface area contributed by atoms with Gasteiger partial charge in [-0.1, -0.05) is 37.1 Å². The molecule has 7 nitrogen and oxygen atoms in total. The number of carbonyl (C=O) groups excluding carboxylic acids is 2. The summed E-state index contributed by atoms with van der Waals surface area (Å²) in [7, 11) is 0. The van der Waals surface area contributed by atoms with E-state index in [0.717, 1.165) is 75.5 Å². The van der Waals surface area contributed by atoms with Crippen LogP contribution in [0.15, 0.2) is 48.5 Å². The summed E-state index contributed by atoms with van der Waals surface area (Å²) in [5, 5.41) is 3.06. The van der Waals surface area contributed by atoms with Gasteiger partial charge in [-0.15, -0.1) is 0 Å². The molecule has 2 aromatic carbocycles. The molecule has 5 rings (SSSR count). The molecular weight excluding hydrogens is 428 g/mol. The van der Waals surface area contributed by atoms with Gasteiger partial charge in [0.05, 0.1) is 24.5 Å². The van der Waals surface area contributed by atoms with Gasteiger partial charge in [0, 0.05) is 32.7 Å². The Hall–Kier alpha value is -2.90. The standard InChI is InChI=1S/C27H34N4O3/c1-2-34-22-11-9-21(10-12-22)19-29-15-17-30(18-16-29)20-25(32)31-24-8-4-3-7-23(24)28-26(33)27(31)13-5-6-14-27/h3-4,7-12H,2,5-6,13-20H2,1H3,(H,28,33). The molecule has 2 heterocycles. The van der Waals surface area contributed by atoms with Crippen LogP contribution in [0, 0.1) is 0 Å². The maximum atomic E-state index is 13.7. The number of hydrogen-bond acceptors (Lipinski definition) is 5. The van der Waals surface area contributed by atoms with Crippen LogP contribution in [-0.2, 0) is 16.1 Å². The minimum atomic E-state index is -0.735. The van der Waals surface area contributed by atoms with E-state index in [1.807, 2.05) is 48.2 Å². The van der Waals surface area contributed by atoms with E-state index >= 15 is 0 Å². The summed E-state index contributed by atoms with van der Waals surface area (Å²) in [6, 6.07) is 16.0. The first-order chi connectivity index (χ1) is 16.6. The maximum Gasteiger partial charge on any atom is 0.250 e. The van der Waals surface area contributed by atoms with E-state index in [0.29, 0.717) is 13.2 Å². The number of fused-ring (bicyclic) bond motifs is 1. The van der Waals surface area contributed by atoms with Crippen molar-refractivity contribution in [1.82, 2.24) is 9.80 Å². The van der Waals surface area contributed by atoms with Crippen LogP contribution >= 0.6 is 0 Å². The average Bonchev–Trinajstić information content (AvgIpc) is 3.33. The van der Waals surface area contributed by atoms with E-state index in [1.165, 1.54) is 5.56 Å². The number of amides is 2. The van der Waals surface area contributed by atoms with Crippen molar-refractivity contribution in [3.8, 4) is 5.75 Å². The highest BCUT2D eigenvalue weighted by Crippen LogP contribution is 2.45. The average molecular weight is 463 g/mol. The van der Waals surface area contributed by atoms with E-state index in [4.69, 9.17) is 4.74 Å². The molecule has 180 valence electrons. The van der Waals surface area contributed by atoms with Crippen LogP contribution in [0.25, 0.3) is 0 Å². The maximum absolute atomic E-state index is 13.7. The lowest BCUT2D eigenvalue weighted by molar-refractivity contribution is -0.128. The van der Waals surface area contributed by atoms with Gasteiger partial charge in [-0.3, -0.25) is 24.3 Å². The number of nitrogens with zero attached hydrogens (tertiary/aromatic N) is 3. The molecule has 1 N–H and O–H groups in total. The molecule has 7 heteroatoms. The van der Waals surface area contributed by atoms with Crippen molar-refractivity contribution in [3.63, 3.8) is 0 Å². The van der Waals surface area contributed by atoms with Crippen LogP contribution in [0.4, 0.5) is 11.4 Å². The molecule has 0 radical (unpaired) electrons. The smallest absolute Gasteiger partial charge is 0.250 e. The molecule has 2 amide bonds. The van der Waals surface area contributed by atoms with E-state index < -0.39 is 5.54 Å². The van der Waals surface area contributed by atoms with Gasteiger partial charge < -0.3 is 10.1 Å². The van der Waals surface area contributed by atoms with E-state index in [-0.39, 0.29) is 11.8 Å². The summed E-state index contributed by atoms with van der Waals surface area (Å²) in [5.74, 6) is 0.906. The second-order valence-electron chi connectivity index (χ2n) is 9.57. The highest BCUT2D eigenvalue weighted by Gasteiger charge is 2.52. The van der Waals surface area contributed by atoms with Crippen LogP contribution in [0.2, 0.25) is 0 Å². The van der Waals surface area contributed by atoms with Gasteiger partial charge >= 0.3 is 0 Å². The lowest BCUT2D eigenvalue weighted by atomic mass is 9.89. The molecule has 1 aliphatic carbocycles. The molecule has 0 bridgehead atoms. The van der Waals surface area contributed by atoms with Crippen LogP contribution in [-0.4, -0.2) is 66.5 Å². The zero-order chi connectivity index (χ0) is 23.5. The van der Waals surface area contributed by atoms with Crippen LogP contribution in [0.5, 0.6) is 5.75 Å². The number of rotatable bonds is 6. The lowest BCUT2D eigenvalue weighted by Gasteiger charge is -2.45. The zero-order valence-corrected chi connectivity index (χ0v) is 20.0. The number of ether oxygens (including phenoxy) is 1. The van der Waals surface area contributed by atoms with Crippen LogP contribution in [0.1, 0.15) is 38.2 Å². The number of para-hydroxylation sites is 2. The largest absolute Gasteiger partial charge is 0.494 e. The van der Waals surface area contributed by atoms with Gasteiger partial charge in [0.15, 0.2) is 0 Å². The molecule has 0 unspecified atom stereocenters. The third-order valence-electron chi connectivity index (χ3n) is 7.39. The van der Waals surface area contributed by atoms with Crippen molar-refractivity contribution in [2.24, 2.45) is 0 Å². The van der Waals surface area contributed by atoms with E-state index in [9.17, 15) is 9.59 Å². The second-order valence-corrected chi connectivity index (χ2v) is 9.57. The van der Waals surface area contributed by atoms with Crippen molar-refractivity contribution >= 4 is 23.2 Å². The van der Waals surface area contributed by atoms with E-state index in [1.54, 1.807) is 0 Å². The Morgan fingerprint density at radius 2 is 1.65 bits per heavy atom. The molecule has 1 saturated heterocycles. The molecule has 2 fully saturated rings. The quantitative estimate of drug-likeness (QED) is 0.712. The highest BCUT2D eigenvalue weighted by atomic mass is 16.5. The Bertz CT molecular complexity index is 1020. The summed E-state index contributed by atoms with van der Waals surface area (Å²) in [6.45, 7) is 7.44. The normalized spacial score (nSPS) is 20.3. The Morgan fingerprint density at radius 1 is 0.971 bits per heavy atom. The van der Waals surface area contributed by atoms with Crippen molar-refractivity contribution in [1.29, 1.82) is 0 Å². The Kier molecular flexibility index (Phi) is 6.57. The molecule has 0 aromatic heterocycles. The molecule has 0 atom stereocenters. The fourth-order valence-corrected chi connectivity index (χ4v) is 5.61. The number of hydrogen-bond donors (Lipinski definition) is 1. The molecule has 3 aliphatic rings. The molecule has 1 spiro atoms. The van der Waals surface area contributed by atoms with Gasteiger partial charge in [0.25, 0.3) is 5.91 Å². The molecular formula is C27H34N4O3. The fraction of sp³-hybridized carbons (Fsp3) is 0.481. The number of piperazine rings is 1. The monoisotopic (exact) mass is 462 g/mol. The molecule has 1 saturated carbocycles. The SMILES string of the molecule is CCOc1ccc(CN2CCN(CC(=O)N3c4ccccc4NC(=O)C34CCCC4)CC2)cc1. The van der Waals surface area contributed by atoms with E-state index in [2.05, 4.69) is 27.2 Å². The zero-order valence-electron chi connectivity index (χ0n) is 20.0. The number of anilines is 2. The van der Waals surface area contributed by atoms with Crippen LogP contribution < -0.4 is 15.0 Å². The summed E-state index contributed by atoms with van der Waals surface area (Å²) < 4.78 is 5.53.